The number of benzene rings is 2. The minimum absolute atomic E-state index is 0.306. The molecule has 0 aliphatic heterocycles. The third-order valence-corrected chi connectivity index (χ3v) is 4.49. The van der Waals surface area contributed by atoms with Crippen molar-refractivity contribution in [3.8, 4) is 11.8 Å². The molecule has 25 heavy (non-hydrogen) atoms. The van der Waals surface area contributed by atoms with Crippen LogP contribution in [0.15, 0.2) is 59.9 Å². The van der Waals surface area contributed by atoms with Crippen molar-refractivity contribution in [2.75, 3.05) is 11.6 Å². The highest BCUT2D eigenvalue weighted by Gasteiger charge is 2.18. The Labute approximate surface area is 154 Å². The third kappa shape index (κ3) is 3.53. The number of carbonyl (C=O) groups excluding carboxylic acids is 1. The number of anilines is 1. The van der Waals surface area contributed by atoms with Gasteiger partial charge in [0.2, 0.25) is 0 Å². The molecule has 3 aromatic rings. The SMILES string of the molecule is CSc1ncc(C(=O)Nc2ccc(Cl)c(C#N)c2)n1-c1ccccc1. The van der Waals surface area contributed by atoms with Gasteiger partial charge in [-0.2, -0.15) is 5.26 Å². The molecule has 1 aromatic heterocycles. The lowest BCUT2D eigenvalue weighted by atomic mass is 10.2. The fourth-order valence-corrected chi connectivity index (χ4v) is 3.05. The molecule has 1 N–H and O–H groups in total. The maximum atomic E-state index is 12.7. The highest BCUT2D eigenvalue weighted by Crippen LogP contribution is 2.24. The third-order valence-electron chi connectivity index (χ3n) is 3.50. The van der Waals surface area contributed by atoms with Crippen LogP contribution in [0.5, 0.6) is 0 Å². The van der Waals surface area contributed by atoms with Crippen molar-refractivity contribution in [3.05, 3.63) is 71.0 Å². The lowest BCUT2D eigenvalue weighted by Gasteiger charge is -2.11. The number of nitriles is 1. The smallest absolute Gasteiger partial charge is 0.274 e. The van der Waals surface area contributed by atoms with Crippen LogP contribution in [0.1, 0.15) is 16.1 Å². The van der Waals surface area contributed by atoms with Crippen molar-refractivity contribution in [3.63, 3.8) is 0 Å². The van der Waals surface area contributed by atoms with Gasteiger partial charge in [-0.1, -0.05) is 41.6 Å². The lowest BCUT2D eigenvalue weighted by Crippen LogP contribution is -2.16. The summed E-state index contributed by atoms with van der Waals surface area (Å²) in [6, 6.07) is 16.3. The Morgan fingerprint density at radius 1 is 1.28 bits per heavy atom. The molecule has 7 heteroatoms. The van der Waals surface area contributed by atoms with Crippen molar-refractivity contribution in [2.24, 2.45) is 0 Å². The predicted octanol–water partition coefficient (Wildman–Crippen LogP) is 4.37. The van der Waals surface area contributed by atoms with E-state index in [1.54, 1.807) is 22.8 Å². The van der Waals surface area contributed by atoms with Crippen LogP contribution >= 0.6 is 23.4 Å². The van der Waals surface area contributed by atoms with Crippen LogP contribution in [0.2, 0.25) is 5.02 Å². The van der Waals surface area contributed by atoms with Crippen molar-refractivity contribution in [2.45, 2.75) is 5.16 Å². The predicted molar refractivity (Wildman–Crippen MR) is 99.5 cm³/mol. The maximum absolute atomic E-state index is 12.7. The van der Waals surface area contributed by atoms with Gasteiger partial charge in [-0.05, 0) is 36.6 Å². The number of nitrogens with zero attached hydrogens (tertiary/aromatic N) is 3. The Morgan fingerprint density at radius 3 is 2.72 bits per heavy atom. The van der Waals surface area contributed by atoms with Crippen LogP contribution in [-0.4, -0.2) is 21.7 Å². The van der Waals surface area contributed by atoms with Crippen LogP contribution in [0.3, 0.4) is 0 Å². The van der Waals surface area contributed by atoms with E-state index in [1.807, 2.05) is 42.7 Å². The number of thioether (sulfide) groups is 1. The van der Waals surface area contributed by atoms with Gasteiger partial charge in [-0.15, -0.1) is 0 Å². The Morgan fingerprint density at radius 2 is 2.04 bits per heavy atom. The van der Waals surface area contributed by atoms with E-state index in [2.05, 4.69) is 10.3 Å². The fraction of sp³-hybridized carbons (Fsp3) is 0.0556. The summed E-state index contributed by atoms with van der Waals surface area (Å²) in [5.74, 6) is -0.317. The van der Waals surface area contributed by atoms with Gasteiger partial charge in [0.25, 0.3) is 5.91 Å². The molecular formula is C18H13ClN4OS. The maximum Gasteiger partial charge on any atom is 0.274 e. The monoisotopic (exact) mass is 368 g/mol. The molecule has 124 valence electrons. The van der Waals surface area contributed by atoms with Crippen LogP contribution < -0.4 is 5.32 Å². The molecule has 0 aliphatic rings. The number of halogens is 1. The van der Waals surface area contributed by atoms with Gasteiger partial charge < -0.3 is 5.32 Å². The van der Waals surface area contributed by atoms with E-state index in [-0.39, 0.29) is 5.91 Å². The summed E-state index contributed by atoms with van der Waals surface area (Å²) in [6.45, 7) is 0. The lowest BCUT2D eigenvalue weighted by molar-refractivity contribution is 0.102. The van der Waals surface area contributed by atoms with Gasteiger partial charge in [0.15, 0.2) is 5.16 Å². The molecule has 0 atom stereocenters. The van der Waals surface area contributed by atoms with Crippen LogP contribution in [-0.2, 0) is 0 Å². The van der Waals surface area contributed by atoms with Crippen molar-refractivity contribution < 1.29 is 4.79 Å². The van der Waals surface area contributed by atoms with E-state index in [0.29, 0.717) is 27.1 Å². The molecule has 0 aliphatic carbocycles. The van der Waals surface area contributed by atoms with Gasteiger partial charge in [0.1, 0.15) is 11.8 Å². The number of imidazole rings is 1. The van der Waals surface area contributed by atoms with Gasteiger partial charge in [-0.25, -0.2) is 4.98 Å². The van der Waals surface area contributed by atoms with Crippen molar-refractivity contribution in [1.29, 1.82) is 5.26 Å². The van der Waals surface area contributed by atoms with Crippen LogP contribution in [0.25, 0.3) is 5.69 Å². The molecule has 1 amide bonds. The van der Waals surface area contributed by atoms with Crippen LogP contribution in [0, 0.1) is 11.3 Å². The first-order valence-corrected chi connectivity index (χ1v) is 8.92. The zero-order valence-corrected chi connectivity index (χ0v) is 14.8. The van der Waals surface area contributed by atoms with Gasteiger partial charge in [-0.3, -0.25) is 9.36 Å². The summed E-state index contributed by atoms with van der Waals surface area (Å²) in [7, 11) is 0. The molecule has 0 spiro atoms. The highest BCUT2D eigenvalue weighted by atomic mass is 35.5. The Hall–Kier alpha value is -2.75. The van der Waals surface area contributed by atoms with Crippen LogP contribution in [0.4, 0.5) is 5.69 Å². The van der Waals surface area contributed by atoms with Gasteiger partial charge in [0, 0.05) is 11.4 Å². The topological polar surface area (TPSA) is 70.7 Å². The largest absolute Gasteiger partial charge is 0.321 e. The van der Waals surface area contributed by atoms with E-state index < -0.39 is 0 Å². The molecule has 0 radical (unpaired) electrons. The number of aromatic nitrogens is 2. The average molecular weight is 369 g/mol. The second-order valence-corrected chi connectivity index (χ2v) is 6.24. The molecule has 3 rings (SSSR count). The van der Waals surface area contributed by atoms with E-state index in [9.17, 15) is 4.79 Å². The number of nitrogens with one attached hydrogen (secondary N) is 1. The van der Waals surface area contributed by atoms with E-state index in [1.165, 1.54) is 18.0 Å². The molecule has 0 fully saturated rings. The first-order valence-electron chi connectivity index (χ1n) is 7.32. The first kappa shape index (κ1) is 17.1. The number of para-hydroxylation sites is 1. The molecule has 2 aromatic carbocycles. The van der Waals surface area contributed by atoms with E-state index in [4.69, 9.17) is 16.9 Å². The van der Waals surface area contributed by atoms with E-state index in [0.717, 1.165) is 5.69 Å². The summed E-state index contributed by atoms with van der Waals surface area (Å²) >= 11 is 7.38. The summed E-state index contributed by atoms with van der Waals surface area (Å²) in [6.07, 6.45) is 3.44. The molecule has 0 saturated heterocycles. The zero-order valence-electron chi connectivity index (χ0n) is 13.2. The fourth-order valence-electron chi connectivity index (χ4n) is 2.35. The zero-order chi connectivity index (χ0) is 17.8. The van der Waals surface area contributed by atoms with E-state index >= 15 is 0 Å². The first-order chi connectivity index (χ1) is 12.1. The molecule has 0 bridgehead atoms. The minimum atomic E-state index is -0.317. The molecular weight excluding hydrogens is 356 g/mol. The summed E-state index contributed by atoms with van der Waals surface area (Å²) in [5.41, 5.74) is 2.06. The number of hydrogen-bond acceptors (Lipinski definition) is 4. The van der Waals surface area contributed by atoms with Gasteiger partial charge >= 0.3 is 0 Å². The Balaban J connectivity index is 1.96. The second kappa shape index (κ2) is 7.43. The highest BCUT2D eigenvalue weighted by molar-refractivity contribution is 7.98. The quantitative estimate of drug-likeness (QED) is 0.694. The number of carbonyl (C=O) groups is 1. The standard InChI is InChI=1S/C18H13ClN4OS/c1-25-18-21-11-16(23(18)14-5-3-2-4-6-14)17(24)22-13-7-8-15(19)12(9-13)10-20/h2-9,11H,1H3,(H,22,24). The normalized spacial score (nSPS) is 10.3. The number of rotatable bonds is 4. The number of hydrogen-bond donors (Lipinski definition) is 1. The summed E-state index contributed by atoms with van der Waals surface area (Å²) in [5, 5.41) is 12.9. The Kier molecular flexibility index (Phi) is 5.08. The van der Waals surface area contributed by atoms with Crippen molar-refractivity contribution in [1.82, 2.24) is 9.55 Å². The second-order valence-electron chi connectivity index (χ2n) is 5.06. The summed E-state index contributed by atoms with van der Waals surface area (Å²) < 4.78 is 1.79. The molecule has 1 heterocycles. The average Bonchev–Trinajstić information content (AvgIpc) is 3.08. The summed E-state index contributed by atoms with van der Waals surface area (Å²) in [4.78, 5) is 17.0. The minimum Gasteiger partial charge on any atom is -0.321 e. The van der Waals surface area contributed by atoms with Crippen molar-refractivity contribution >= 4 is 35.0 Å². The van der Waals surface area contributed by atoms with Gasteiger partial charge in [0.05, 0.1) is 16.8 Å². The Bertz CT molecular complexity index is 963. The number of amides is 1. The molecule has 5 nitrogen and oxygen atoms in total. The molecule has 0 unspecified atom stereocenters. The molecule has 0 saturated carbocycles.